The van der Waals surface area contributed by atoms with Crippen LogP contribution in [0.5, 0.6) is 0 Å². The van der Waals surface area contributed by atoms with Crippen molar-refractivity contribution in [3.8, 4) is 0 Å². The summed E-state index contributed by atoms with van der Waals surface area (Å²) in [4.78, 5) is 36.1. The highest BCUT2D eigenvalue weighted by Gasteiger charge is 2.75. The number of rotatable bonds is 3. The fraction of sp³-hybridized carbons (Fsp3) is 0.696. The van der Waals surface area contributed by atoms with Gasteiger partial charge >= 0.3 is 5.97 Å². The molecule has 0 radical (unpaired) electrons. The van der Waals surface area contributed by atoms with E-state index in [9.17, 15) is 29.7 Å². The molecule has 0 aromatic rings. The summed E-state index contributed by atoms with van der Waals surface area (Å²) >= 11 is 3.89. The summed E-state index contributed by atoms with van der Waals surface area (Å²) in [5, 5.41) is 33.9. The smallest absolute Gasteiger partial charge is 0.303 e. The van der Waals surface area contributed by atoms with Crippen molar-refractivity contribution in [1.29, 1.82) is 0 Å². The Bertz CT molecular complexity index is 912. The van der Waals surface area contributed by atoms with Gasteiger partial charge in [-0.3, -0.25) is 14.4 Å². The van der Waals surface area contributed by atoms with Gasteiger partial charge < -0.3 is 20.1 Å². The number of Topliss-reactive ketones (excluding diaryl/α,β-unsaturated/α-hetero) is 1. The number of ether oxygens (including phenoxy) is 1. The first-order chi connectivity index (χ1) is 14.3. The molecule has 0 aliphatic heterocycles. The zero-order valence-electron chi connectivity index (χ0n) is 17.9. The average Bonchev–Trinajstić information content (AvgIpc) is 2.89. The van der Waals surface area contributed by atoms with E-state index in [1.165, 1.54) is 13.0 Å². The van der Waals surface area contributed by atoms with Crippen LogP contribution in [-0.4, -0.2) is 61.6 Å². The molecule has 4 rings (SSSR count). The standard InChI is InChI=1S/C23H29BrO7/c1-12(25)31-11-19(29)23(30)17(27)9-16-15-5-4-13-8-14(26)6-7-20(13,2)22(15,24)18(28)10-21(16,23)3/h6-8,15-18,27-28,30H,4-5,9-11H2,1-3H3/t15-,16-,17?,18?,20-,21-,22-,23-/m0/s1. The van der Waals surface area contributed by atoms with Gasteiger partial charge in [-0.1, -0.05) is 41.4 Å². The van der Waals surface area contributed by atoms with Gasteiger partial charge in [0.25, 0.3) is 0 Å². The molecule has 2 unspecified atom stereocenters. The number of aliphatic hydroxyl groups excluding tert-OH is 2. The van der Waals surface area contributed by atoms with Crippen LogP contribution in [0, 0.1) is 22.7 Å². The Balaban J connectivity index is 1.76. The van der Waals surface area contributed by atoms with Crippen molar-refractivity contribution in [3.05, 3.63) is 23.8 Å². The molecule has 3 saturated carbocycles. The summed E-state index contributed by atoms with van der Waals surface area (Å²) in [6.07, 6.45) is 4.29. The Labute approximate surface area is 189 Å². The summed E-state index contributed by atoms with van der Waals surface area (Å²) in [5.74, 6) is -1.89. The molecule has 4 aliphatic carbocycles. The van der Waals surface area contributed by atoms with Crippen LogP contribution in [0.4, 0.5) is 0 Å². The second kappa shape index (κ2) is 7.07. The summed E-state index contributed by atoms with van der Waals surface area (Å²) < 4.78 is 4.01. The number of carbonyl (C=O) groups is 3. The van der Waals surface area contributed by atoms with E-state index in [-0.39, 0.29) is 30.5 Å². The predicted octanol–water partition coefficient (Wildman–Crippen LogP) is 1.62. The molecule has 170 valence electrons. The minimum Gasteiger partial charge on any atom is -0.458 e. The van der Waals surface area contributed by atoms with Crippen LogP contribution >= 0.6 is 15.9 Å². The quantitative estimate of drug-likeness (QED) is 0.400. The highest BCUT2D eigenvalue weighted by Crippen LogP contribution is 2.71. The maximum Gasteiger partial charge on any atom is 0.303 e. The highest BCUT2D eigenvalue weighted by molar-refractivity contribution is 9.10. The Morgan fingerprint density at radius 2 is 1.90 bits per heavy atom. The van der Waals surface area contributed by atoms with Crippen LogP contribution in [0.25, 0.3) is 0 Å². The van der Waals surface area contributed by atoms with Crippen molar-refractivity contribution in [2.45, 2.75) is 68.6 Å². The Morgan fingerprint density at radius 1 is 1.23 bits per heavy atom. The lowest BCUT2D eigenvalue weighted by Crippen LogP contribution is -2.69. The molecule has 0 saturated heterocycles. The van der Waals surface area contributed by atoms with Gasteiger partial charge in [0.1, 0.15) is 0 Å². The third kappa shape index (κ3) is 2.77. The van der Waals surface area contributed by atoms with E-state index in [0.29, 0.717) is 12.8 Å². The van der Waals surface area contributed by atoms with Gasteiger partial charge in [-0.15, -0.1) is 0 Å². The first kappa shape index (κ1) is 22.8. The van der Waals surface area contributed by atoms with Gasteiger partial charge in [0.05, 0.1) is 16.5 Å². The lowest BCUT2D eigenvalue weighted by Gasteiger charge is -2.64. The maximum absolute atomic E-state index is 13.0. The number of carbonyl (C=O) groups excluding carboxylic acids is 3. The number of hydrogen-bond donors (Lipinski definition) is 3. The molecule has 31 heavy (non-hydrogen) atoms. The van der Waals surface area contributed by atoms with Gasteiger partial charge in [0.15, 0.2) is 18.0 Å². The fourth-order valence-electron chi connectivity index (χ4n) is 7.01. The minimum atomic E-state index is -2.13. The van der Waals surface area contributed by atoms with E-state index in [0.717, 1.165) is 5.57 Å². The molecule has 0 aromatic heterocycles. The van der Waals surface area contributed by atoms with E-state index in [1.54, 1.807) is 13.0 Å². The number of aliphatic hydroxyl groups is 3. The van der Waals surface area contributed by atoms with Gasteiger partial charge in [-0.25, -0.2) is 0 Å². The number of halogens is 1. The molecule has 0 heterocycles. The normalized spacial score (nSPS) is 48.4. The summed E-state index contributed by atoms with van der Waals surface area (Å²) in [6, 6.07) is 0. The first-order valence-corrected chi connectivity index (χ1v) is 11.5. The average molecular weight is 497 g/mol. The van der Waals surface area contributed by atoms with Crippen LogP contribution in [-0.2, 0) is 19.1 Å². The zero-order chi connectivity index (χ0) is 23.0. The second-order valence-electron chi connectivity index (χ2n) is 9.99. The number of fused-ring (bicyclic) bond motifs is 5. The van der Waals surface area contributed by atoms with Crippen molar-refractivity contribution in [3.63, 3.8) is 0 Å². The largest absolute Gasteiger partial charge is 0.458 e. The topological polar surface area (TPSA) is 121 Å². The molecule has 7 nitrogen and oxygen atoms in total. The van der Waals surface area contributed by atoms with Crippen LogP contribution in [0.1, 0.15) is 46.5 Å². The Hall–Kier alpha value is -1.35. The number of hydrogen-bond acceptors (Lipinski definition) is 7. The summed E-state index contributed by atoms with van der Waals surface area (Å²) in [7, 11) is 0. The number of ketones is 2. The number of esters is 1. The zero-order valence-corrected chi connectivity index (χ0v) is 19.5. The molecule has 0 aromatic carbocycles. The van der Waals surface area contributed by atoms with E-state index in [1.807, 2.05) is 13.0 Å². The highest BCUT2D eigenvalue weighted by atomic mass is 79.9. The van der Waals surface area contributed by atoms with Crippen molar-refractivity contribution in [2.24, 2.45) is 22.7 Å². The fourth-order valence-corrected chi connectivity index (χ4v) is 8.10. The molecular weight excluding hydrogens is 468 g/mol. The third-order valence-corrected chi connectivity index (χ3v) is 10.6. The summed E-state index contributed by atoms with van der Waals surface area (Å²) in [5.41, 5.74) is -2.89. The van der Waals surface area contributed by atoms with E-state index >= 15 is 0 Å². The summed E-state index contributed by atoms with van der Waals surface area (Å²) in [6.45, 7) is 4.29. The van der Waals surface area contributed by atoms with Gasteiger partial charge in [-0.05, 0) is 49.7 Å². The predicted molar refractivity (Wildman–Crippen MR) is 114 cm³/mol. The monoisotopic (exact) mass is 496 g/mol. The molecule has 4 aliphatic rings. The lowest BCUT2D eigenvalue weighted by molar-refractivity contribution is -0.187. The van der Waals surface area contributed by atoms with Crippen LogP contribution < -0.4 is 0 Å². The molecule has 8 atom stereocenters. The van der Waals surface area contributed by atoms with Crippen molar-refractivity contribution in [2.75, 3.05) is 6.61 Å². The SMILES string of the molecule is CC(=O)OCC(=O)[C@@]1(O)C(O)C[C@H]2[C@@H]3CCC4=CC(=O)C=C[C@]4(C)[C@@]3(Br)C(O)C[C@@]21C. The minimum absolute atomic E-state index is 0.0705. The van der Waals surface area contributed by atoms with E-state index in [4.69, 9.17) is 4.74 Å². The van der Waals surface area contributed by atoms with E-state index < -0.39 is 51.3 Å². The molecule has 0 spiro atoms. The number of alkyl halides is 1. The van der Waals surface area contributed by atoms with Crippen LogP contribution in [0.2, 0.25) is 0 Å². The maximum atomic E-state index is 13.0. The molecular formula is C23H29BrO7. The lowest BCUT2D eigenvalue weighted by atomic mass is 9.46. The Morgan fingerprint density at radius 3 is 2.55 bits per heavy atom. The second-order valence-corrected chi connectivity index (χ2v) is 11.3. The van der Waals surface area contributed by atoms with E-state index in [2.05, 4.69) is 15.9 Å². The van der Waals surface area contributed by atoms with Gasteiger partial charge in [0, 0.05) is 17.8 Å². The van der Waals surface area contributed by atoms with Crippen LogP contribution in [0.15, 0.2) is 23.8 Å². The van der Waals surface area contributed by atoms with Gasteiger partial charge in [0.2, 0.25) is 5.78 Å². The van der Waals surface area contributed by atoms with Gasteiger partial charge in [-0.2, -0.15) is 0 Å². The van der Waals surface area contributed by atoms with Crippen molar-refractivity contribution < 1.29 is 34.4 Å². The first-order valence-electron chi connectivity index (χ1n) is 10.7. The molecule has 8 heteroatoms. The molecule has 3 fully saturated rings. The molecule has 0 bridgehead atoms. The number of allylic oxidation sites excluding steroid dienone is 4. The van der Waals surface area contributed by atoms with Crippen molar-refractivity contribution >= 4 is 33.5 Å². The molecule has 0 amide bonds. The molecule has 3 N–H and O–H groups in total. The Kier molecular flexibility index (Phi) is 5.21. The van der Waals surface area contributed by atoms with Crippen molar-refractivity contribution in [1.82, 2.24) is 0 Å². The third-order valence-electron chi connectivity index (χ3n) is 8.69. The van der Waals surface area contributed by atoms with Crippen LogP contribution in [0.3, 0.4) is 0 Å².